The Balaban J connectivity index is 2.11. The number of hydrogen-bond acceptors (Lipinski definition) is 7. The first-order chi connectivity index (χ1) is 12.4. The molecule has 1 N–H and O–H groups in total. The Morgan fingerprint density at radius 2 is 2.19 bits per heavy atom. The monoisotopic (exact) mass is 497 g/mol. The van der Waals surface area contributed by atoms with Crippen LogP contribution in [0.15, 0.2) is 34.3 Å². The third-order valence-electron chi connectivity index (χ3n) is 3.49. The molecule has 1 atom stereocenters. The molecule has 0 aliphatic carbocycles. The number of halogens is 2. The molecule has 10 heteroatoms. The Labute approximate surface area is 170 Å². The Bertz CT molecular complexity index is 1130. The van der Waals surface area contributed by atoms with E-state index in [9.17, 15) is 14.9 Å². The smallest absolute Gasteiger partial charge is 0.258 e. The number of rotatable bonds is 4. The largest absolute Gasteiger partial charge is 0.308 e. The second kappa shape index (κ2) is 7.69. The number of H-pyrrole nitrogens is 1. The van der Waals surface area contributed by atoms with Gasteiger partial charge in [-0.15, -0.1) is 0 Å². The van der Waals surface area contributed by atoms with Crippen LogP contribution >= 0.6 is 46.0 Å². The van der Waals surface area contributed by atoms with E-state index in [1.807, 2.05) is 6.07 Å². The fraction of sp³-hybridized carbons (Fsp3) is 0.125. The molecule has 0 amide bonds. The van der Waals surface area contributed by atoms with Gasteiger partial charge in [-0.3, -0.25) is 9.59 Å². The highest BCUT2D eigenvalue weighted by Gasteiger charge is 2.28. The highest BCUT2D eigenvalue weighted by molar-refractivity contribution is 14.1. The average Bonchev–Trinajstić information content (AvgIpc) is 2.63. The highest BCUT2D eigenvalue weighted by atomic mass is 127. The molecule has 0 fully saturated rings. The first-order valence-electron chi connectivity index (χ1n) is 7.14. The minimum Gasteiger partial charge on any atom is -0.308 e. The zero-order chi connectivity index (χ0) is 18.8. The quantitative estimate of drug-likeness (QED) is 0.255. The number of aromatic amines is 1. The lowest BCUT2D eigenvalue weighted by Gasteiger charge is -2.10. The van der Waals surface area contributed by atoms with E-state index in [2.05, 4.69) is 42.5 Å². The van der Waals surface area contributed by atoms with Crippen molar-refractivity contribution in [1.29, 1.82) is 5.26 Å². The Kier molecular flexibility index (Phi) is 5.55. The van der Waals surface area contributed by atoms with Crippen LogP contribution in [0.4, 0.5) is 0 Å². The van der Waals surface area contributed by atoms with Gasteiger partial charge in [-0.05, 0) is 47.0 Å². The second-order valence-electron chi connectivity index (χ2n) is 5.09. The second-order valence-corrected chi connectivity index (χ2v) is 7.52. The van der Waals surface area contributed by atoms with Gasteiger partial charge in [0.25, 0.3) is 5.56 Å². The van der Waals surface area contributed by atoms with Crippen molar-refractivity contribution >= 4 is 62.6 Å². The summed E-state index contributed by atoms with van der Waals surface area (Å²) < 4.78 is 0.875. The van der Waals surface area contributed by atoms with Crippen molar-refractivity contribution < 1.29 is 4.79 Å². The van der Waals surface area contributed by atoms with E-state index in [0.29, 0.717) is 16.1 Å². The summed E-state index contributed by atoms with van der Waals surface area (Å²) in [5.74, 6) is -2.03. The molecule has 0 saturated heterocycles. The summed E-state index contributed by atoms with van der Waals surface area (Å²) in [7, 11) is 0. The molecule has 1 aromatic carbocycles. The lowest BCUT2D eigenvalue weighted by atomic mass is 10.0. The van der Waals surface area contributed by atoms with Gasteiger partial charge in [0.05, 0.1) is 28.2 Å². The molecule has 0 aliphatic heterocycles. The van der Waals surface area contributed by atoms with E-state index in [1.165, 1.54) is 18.0 Å². The predicted molar refractivity (Wildman–Crippen MR) is 107 cm³/mol. The molecule has 2 aromatic heterocycles. The van der Waals surface area contributed by atoms with Crippen molar-refractivity contribution in [2.24, 2.45) is 0 Å². The average molecular weight is 498 g/mol. The highest BCUT2D eigenvalue weighted by Crippen LogP contribution is 2.24. The standard InChI is InChI=1S/C16H9ClIN5O2S/c1-26-16-20-6-10(17)12(22-16)13(24)9(5-19)14-21-11-3-2-7(18)4-8(11)15(25)23-14/h2-4,6,9H,1H3,(H,21,23,25)/t9-/m1/s1. The van der Waals surface area contributed by atoms with Gasteiger partial charge in [-0.25, -0.2) is 15.0 Å². The van der Waals surface area contributed by atoms with Crippen molar-refractivity contribution in [3.05, 3.63) is 54.9 Å². The molecular weight excluding hydrogens is 489 g/mol. The summed E-state index contributed by atoms with van der Waals surface area (Å²) in [6.45, 7) is 0. The van der Waals surface area contributed by atoms with Gasteiger partial charge in [0.15, 0.2) is 11.1 Å². The molecule has 0 spiro atoms. The number of nitrogens with one attached hydrogen (secondary N) is 1. The number of Topliss-reactive ketones (excluding diaryl/α,β-unsaturated/α-hetero) is 1. The van der Waals surface area contributed by atoms with Crippen molar-refractivity contribution in [2.75, 3.05) is 6.26 Å². The van der Waals surface area contributed by atoms with Crippen LogP contribution in [0.3, 0.4) is 0 Å². The third kappa shape index (κ3) is 3.58. The maximum Gasteiger partial charge on any atom is 0.258 e. The van der Waals surface area contributed by atoms with Crippen LogP contribution in [0.1, 0.15) is 22.2 Å². The van der Waals surface area contributed by atoms with Crippen LogP contribution in [0, 0.1) is 14.9 Å². The third-order valence-corrected chi connectivity index (χ3v) is 5.00. The number of benzene rings is 1. The molecule has 26 heavy (non-hydrogen) atoms. The fourth-order valence-electron chi connectivity index (χ4n) is 2.27. The summed E-state index contributed by atoms with van der Waals surface area (Å²) in [4.78, 5) is 40.0. The van der Waals surface area contributed by atoms with Gasteiger partial charge >= 0.3 is 0 Å². The molecule has 0 saturated carbocycles. The number of nitriles is 1. The maximum absolute atomic E-state index is 12.8. The summed E-state index contributed by atoms with van der Waals surface area (Å²) in [6.07, 6.45) is 3.06. The van der Waals surface area contributed by atoms with Gasteiger partial charge < -0.3 is 4.98 Å². The Morgan fingerprint density at radius 3 is 2.88 bits per heavy atom. The predicted octanol–water partition coefficient (Wildman–Crippen LogP) is 3.18. The zero-order valence-electron chi connectivity index (χ0n) is 13.2. The molecule has 2 heterocycles. The summed E-state index contributed by atoms with van der Waals surface area (Å²) in [5, 5.41) is 10.3. The molecular formula is C16H9ClIN5O2S. The van der Waals surface area contributed by atoms with E-state index >= 15 is 0 Å². The van der Waals surface area contributed by atoms with Crippen molar-refractivity contribution in [3.8, 4) is 6.07 Å². The summed E-state index contributed by atoms with van der Waals surface area (Å²) in [6, 6.07) is 7.01. The van der Waals surface area contributed by atoms with Crippen molar-refractivity contribution in [1.82, 2.24) is 19.9 Å². The first-order valence-corrected chi connectivity index (χ1v) is 9.82. The molecule has 0 radical (unpaired) electrons. The maximum atomic E-state index is 12.8. The summed E-state index contributed by atoms with van der Waals surface area (Å²) >= 11 is 9.35. The number of carbonyl (C=O) groups excluding carboxylic acids is 1. The number of nitrogens with zero attached hydrogens (tertiary/aromatic N) is 4. The number of aromatic nitrogens is 4. The molecule has 0 unspecified atom stereocenters. The van der Waals surface area contributed by atoms with E-state index in [4.69, 9.17) is 11.6 Å². The zero-order valence-corrected chi connectivity index (χ0v) is 16.9. The minimum absolute atomic E-state index is 0.0331. The molecule has 0 aliphatic rings. The van der Waals surface area contributed by atoms with Crippen LogP contribution < -0.4 is 5.56 Å². The Hall–Kier alpha value is -2.03. The molecule has 3 aromatic rings. The van der Waals surface area contributed by atoms with Crippen LogP contribution in [-0.4, -0.2) is 32.0 Å². The van der Waals surface area contributed by atoms with Gasteiger partial charge in [-0.2, -0.15) is 5.26 Å². The Morgan fingerprint density at radius 1 is 1.42 bits per heavy atom. The molecule has 3 rings (SSSR count). The molecule has 0 bridgehead atoms. The number of thioether (sulfide) groups is 1. The van der Waals surface area contributed by atoms with E-state index in [0.717, 1.165) is 3.57 Å². The minimum atomic E-state index is -1.34. The fourth-order valence-corrected chi connectivity index (χ4v) is 3.28. The van der Waals surface area contributed by atoms with Crippen LogP contribution in [0.2, 0.25) is 5.02 Å². The number of fused-ring (bicyclic) bond motifs is 1. The van der Waals surface area contributed by atoms with Crippen molar-refractivity contribution in [2.45, 2.75) is 11.1 Å². The molecule has 130 valence electrons. The van der Waals surface area contributed by atoms with E-state index in [-0.39, 0.29) is 16.5 Å². The summed E-state index contributed by atoms with van der Waals surface area (Å²) in [5.41, 5.74) is -0.103. The number of carbonyl (C=O) groups is 1. The first kappa shape index (κ1) is 18.8. The van der Waals surface area contributed by atoms with Crippen molar-refractivity contribution in [3.63, 3.8) is 0 Å². The normalized spacial score (nSPS) is 11.9. The van der Waals surface area contributed by atoms with Gasteiger partial charge in [0.1, 0.15) is 11.5 Å². The number of hydrogen-bond donors (Lipinski definition) is 1. The van der Waals surface area contributed by atoms with Crippen LogP contribution in [0.25, 0.3) is 10.9 Å². The lowest BCUT2D eigenvalue weighted by Crippen LogP contribution is -2.21. The van der Waals surface area contributed by atoms with Gasteiger partial charge in [-0.1, -0.05) is 23.4 Å². The van der Waals surface area contributed by atoms with Gasteiger partial charge in [0, 0.05) is 3.57 Å². The van der Waals surface area contributed by atoms with Crippen LogP contribution in [-0.2, 0) is 0 Å². The SMILES string of the molecule is CSc1ncc(Cl)c(C(=O)[C@@H](C#N)c2nc3ccc(I)cc3c(=O)[nH]2)n1. The van der Waals surface area contributed by atoms with E-state index < -0.39 is 17.3 Å². The van der Waals surface area contributed by atoms with Gasteiger partial charge in [0.2, 0.25) is 5.78 Å². The lowest BCUT2D eigenvalue weighted by molar-refractivity contribution is 0.0970. The topological polar surface area (TPSA) is 112 Å². The number of ketones is 1. The van der Waals surface area contributed by atoms with Crippen LogP contribution in [0.5, 0.6) is 0 Å². The molecule has 7 nitrogen and oxygen atoms in total. The van der Waals surface area contributed by atoms with E-state index in [1.54, 1.807) is 24.5 Å².